The summed E-state index contributed by atoms with van der Waals surface area (Å²) in [6, 6.07) is 6.80. The van der Waals surface area contributed by atoms with Crippen LogP contribution < -0.4 is 10.1 Å². The third-order valence-corrected chi connectivity index (χ3v) is 6.29. The van der Waals surface area contributed by atoms with Crippen molar-refractivity contribution in [2.24, 2.45) is 5.92 Å². The topological polar surface area (TPSA) is 54.5 Å². The molecular weight excluding hydrogens is 391 g/mol. The van der Waals surface area contributed by atoms with Crippen molar-refractivity contribution in [2.75, 3.05) is 13.1 Å². The van der Waals surface area contributed by atoms with Crippen molar-refractivity contribution in [3.63, 3.8) is 0 Å². The van der Waals surface area contributed by atoms with Crippen LogP contribution in [0.25, 0.3) is 0 Å². The smallest absolute Gasteiger partial charge is 0.431 e. The number of thiazole rings is 1. The minimum absolute atomic E-state index is 0.0920. The number of hydrogen-bond donors (Lipinski definition) is 1. The van der Waals surface area contributed by atoms with Gasteiger partial charge < -0.3 is 10.1 Å². The largest absolute Gasteiger partial charge is 0.434 e. The van der Waals surface area contributed by atoms with Crippen LogP contribution in [0, 0.1) is 5.92 Å². The zero-order valence-corrected chi connectivity index (χ0v) is 16.0. The second-order valence-electron chi connectivity index (χ2n) is 7.24. The van der Waals surface area contributed by atoms with Crippen molar-refractivity contribution >= 4 is 17.2 Å². The van der Waals surface area contributed by atoms with Crippen molar-refractivity contribution in [1.82, 2.24) is 15.2 Å². The van der Waals surface area contributed by atoms with E-state index in [0.29, 0.717) is 23.3 Å². The highest BCUT2D eigenvalue weighted by molar-refractivity contribution is 7.11. The van der Waals surface area contributed by atoms with Crippen LogP contribution in [0.1, 0.15) is 35.8 Å². The Hall–Kier alpha value is -2.13. The molecule has 0 aliphatic carbocycles. The number of carbonyl (C=O) groups excluding carboxylic acids is 1. The highest BCUT2D eigenvalue weighted by Crippen LogP contribution is 2.34. The van der Waals surface area contributed by atoms with Crippen LogP contribution >= 0.6 is 11.3 Å². The fraction of sp³-hybridized carbons (Fsp3) is 0.474. The fourth-order valence-corrected chi connectivity index (χ4v) is 4.68. The number of halogens is 3. The molecule has 2 atom stereocenters. The van der Waals surface area contributed by atoms with Crippen molar-refractivity contribution in [3.8, 4) is 10.9 Å². The lowest BCUT2D eigenvalue weighted by atomic mass is 9.79. The Labute approximate surface area is 164 Å². The predicted octanol–water partition coefficient (Wildman–Crippen LogP) is 4.17. The van der Waals surface area contributed by atoms with Gasteiger partial charge in [0.15, 0.2) is 5.69 Å². The summed E-state index contributed by atoms with van der Waals surface area (Å²) >= 11 is 0.775. The second kappa shape index (κ2) is 7.36. The summed E-state index contributed by atoms with van der Waals surface area (Å²) < 4.78 is 43.2. The van der Waals surface area contributed by atoms with E-state index in [2.05, 4.69) is 22.1 Å². The van der Waals surface area contributed by atoms with Gasteiger partial charge in [0.25, 0.3) is 11.1 Å². The average Bonchev–Trinajstić information content (AvgIpc) is 3.14. The molecule has 4 heterocycles. The quantitative estimate of drug-likeness (QED) is 0.821. The minimum Gasteiger partial charge on any atom is -0.431 e. The highest BCUT2D eigenvalue weighted by Gasteiger charge is 2.40. The zero-order chi connectivity index (χ0) is 19.9. The highest BCUT2D eigenvalue weighted by atomic mass is 32.1. The van der Waals surface area contributed by atoms with E-state index in [9.17, 15) is 18.0 Å². The lowest BCUT2D eigenvalue weighted by Crippen LogP contribution is -2.62. The number of nitrogens with one attached hydrogen (secondary N) is 1. The molecule has 0 unspecified atom stereocenters. The van der Waals surface area contributed by atoms with Crippen molar-refractivity contribution in [2.45, 2.75) is 38.0 Å². The Morgan fingerprint density at radius 1 is 1.25 bits per heavy atom. The van der Waals surface area contributed by atoms with E-state index in [0.717, 1.165) is 42.6 Å². The summed E-state index contributed by atoms with van der Waals surface area (Å²) in [4.78, 5) is 18.4. The Morgan fingerprint density at radius 2 is 1.93 bits per heavy atom. The fourth-order valence-electron chi connectivity index (χ4n) is 3.99. The molecule has 1 amide bonds. The van der Waals surface area contributed by atoms with Crippen LogP contribution in [-0.2, 0) is 6.18 Å². The number of aromatic nitrogens is 1. The maximum atomic E-state index is 12.6. The van der Waals surface area contributed by atoms with Gasteiger partial charge in [0, 0.05) is 23.0 Å². The first kappa shape index (κ1) is 19.2. The summed E-state index contributed by atoms with van der Waals surface area (Å²) in [5, 5.41) is 3.97. The molecule has 0 spiro atoms. The zero-order valence-electron chi connectivity index (χ0n) is 15.2. The Bertz CT molecular complexity index is 843. The van der Waals surface area contributed by atoms with E-state index in [1.807, 2.05) is 0 Å². The van der Waals surface area contributed by atoms with Gasteiger partial charge in [-0.3, -0.25) is 9.69 Å². The normalized spacial score (nSPS) is 26.9. The molecule has 2 bridgehead atoms. The number of rotatable bonds is 4. The lowest BCUT2D eigenvalue weighted by Gasteiger charge is -2.49. The molecule has 3 aliphatic rings. The Kier molecular flexibility index (Phi) is 5.05. The number of fused-ring (bicyclic) bond motifs is 3. The molecule has 1 aromatic heterocycles. The van der Waals surface area contributed by atoms with Crippen molar-refractivity contribution in [1.29, 1.82) is 0 Å². The molecule has 3 aliphatic heterocycles. The molecular formula is C19H20F3N3O2S. The first-order chi connectivity index (χ1) is 13.3. The van der Waals surface area contributed by atoms with E-state index in [1.165, 1.54) is 0 Å². The van der Waals surface area contributed by atoms with Gasteiger partial charge in [0.2, 0.25) is 0 Å². The van der Waals surface area contributed by atoms with Crippen molar-refractivity contribution in [3.05, 3.63) is 40.9 Å². The van der Waals surface area contributed by atoms with E-state index in [-0.39, 0.29) is 17.1 Å². The van der Waals surface area contributed by atoms with E-state index in [1.54, 1.807) is 24.3 Å². The maximum absolute atomic E-state index is 12.6. The van der Waals surface area contributed by atoms with Gasteiger partial charge in [-0.25, -0.2) is 0 Å². The molecule has 0 saturated carbocycles. The molecule has 1 N–H and O–H groups in total. The molecule has 0 radical (unpaired) electrons. The van der Waals surface area contributed by atoms with Gasteiger partial charge in [-0.2, -0.15) is 18.2 Å². The SMILES string of the molecule is C[C@H]1[C@H](NC(=O)c2ccc(Oc3nc(C(F)(F)F)cs3)cc2)C2CCN1CC2. The van der Waals surface area contributed by atoms with Crippen LogP contribution in [0.15, 0.2) is 29.6 Å². The van der Waals surface area contributed by atoms with Gasteiger partial charge in [-0.15, -0.1) is 0 Å². The van der Waals surface area contributed by atoms with Crippen LogP contribution in [0.2, 0.25) is 0 Å². The number of alkyl halides is 3. The number of nitrogens with zero attached hydrogens (tertiary/aromatic N) is 2. The summed E-state index contributed by atoms with van der Waals surface area (Å²) in [5.41, 5.74) is -0.485. The molecule has 3 saturated heterocycles. The molecule has 2 aromatic rings. The molecule has 5 rings (SSSR count). The van der Waals surface area contributed by atoms with Gasteiger partial charge in [0.05, 0.1) is 0 Å². The predicted molar refractivity (Wildman–Crippen MR) is 98.6 cm³/mol. The van der Waals surface area contributed by atoms with E-state index >= 15 is 0 Å². The average molecular weight is 411 g/mol. The van der Waals surface area contributed by atoms with Crippen molar-refractivity contribution < 1.29 is 22.7 Å². The van der Waals surface area contributed by atoms with Crippen LogP contribution in [-0.4, -0.2) is 41.0 Å². The number of ether oxygens (including phenoxy) is 1. The summed E-state index contributed by atoms with van der Waals surface area (Å²) in [5.74, 6) is 0.695. The third kappa shape index (κ3) is 3.86. The summed E-state index contributed by atoms with van der Waals surface area (Å²) in [6.45, 7) is 4.34. The number of piperidine rings is 3. The molecule has 3 fully saturated rings. The Balaban J connectivity index is 1.39. The van der Waals surface area contributed by atoms with Gasteiger partial charge in [-0.1, -0.05) is 11.3 Å². The van der Waals surface area contributed by atoms with Gasteiger partial charge in [0.1, 0.15) is 5.75 Å². The van der Waals surface area contributed by atoms with Gasteiger partial charge in [-0.05, 0) is 63.0 Å². The van der Waals surface area contributed by atoms with Gasteiger partial charge >= 0.3 is 6.18 Å². The third-order valence-electron chi connectivity index (χ3n) is 5.57. The molecule has 150 valence electrons. The summed E-state index contributed by atoms with van der Waals surface area (Å²) in [7, 11) is 0. The first-order valence-electron chi connectivity index (χ1n) is 9.17. The Morgan fingerprint density at radius 3 is 2.50 bits per heavy atom. The van der Waals surface area contributed by atoms with E-state index < -0.39 is 11.9 Å². The second-order valence-corrected chi connectivity index (χ2v) is 8.06. The molecule has 28 heavy (non-hydrogen) atoms. The number of benzene rings is 1. The van der Waals surface area contributed by atoms with Crippen LogP contribution in [0.4, 0.5) is 13.2 Å². The molecule has 9 heteroatoms. The molecule has 5 nitrogen and oxygen atoms in total. The first-order valence-corrected chi connectivity index (χ1v) is 10.0. The maximum Gasteiger partial charge on any atom is 0.434 e. The number of carbonyl (C=O) groups is 1. The molecule has 1 aromatic carbocycles. The lowest BCUT2D eigenvalue weighted by molar-refractivity contribution is -0.140. The van der Waals surface area contributed by atoms with Crippen LogP contribution in [0.3, 0.4) is 0 Å². The number of hydrogen-bond acceptors (Lipinski definition) is 5. The summed E-state index contributed by atoms with van der Waals surface area (Å²) in [6.07, 6.45) is -2.28. The monoisotopic (exact) mass is 411 g/mol. The van der Waals surface area contributed by atoms with Crippen LogP contribution in [0.5, 0.6) is 10.9 Å². The standard InChI is InChI=1S/C19H20F3N3O2S/c1-11-16(12-6-8-25(11)9-7-12)24-17(26)13-2-4-14(5-3-13)27-18-23-15(10-28-18)19(20,21)22/h2-5,10-12,16H,6-9H2,1H3,(H,24,26)/t11-,16-/m0/s1. The number of amides is 1. The minimum atomic E-state index is -4.49. The van der Waals surface area contributed by atoms with E-state index in [4.69, 9.17) is 4.74 Å².